The lowest BCUT2D eigenvalue weighted by molar-refractivity contribution is 0.0292. The van der Waals surface area contributed by atoms with E-state index in [0.29, 0.717) is 0 Å². The molecule has 3 N–H and O–H groups in total. The van der Waals surface area contributed by atoms with Crippen molar-refractivity contribution in [1.82, 2.24) is 4.72 Å². The Kier molecular flexibility index (Phi) is 5.51. The number of rotatable bonds is 8. The quantitative estimate of drug-likeness (QED) is 0.630. The number of aromatic carboxylic acids is 1. The normalized spacial score (nSPS) is 14.9. The van der Waals surface area contributed by atoms with Crippen LogP contribution in [0.15, 0.2) is 15.4 Å². The molecule has 0 radical (unpaired) electrons. The SMILES string of the molecule is COCCC(C)(O)CNS(=O)(=O)c1cc(C(=O)O)oc1C. The van der Waals surface area contributed by atoms with Gasteiger partial charge in [0, 0.05) is 32.7 Å². The van der Waals surface area contributed by atoms with Gasteiger partial charge in [0.15, 0.2) is 0 Å². The van der Waals surface area contributed by atoms with Gasteiger partial charge in [-0.2, -0.15) is 0 Å². The molecule has 21 heavy (non-hydrogen) atoms. The molecular weight excluding hydrogens is 302 g/mol. The Labute approximate surface area is 122 Å². The number of aryl methyl sites for hydroxylation is 1. The van der Waals surface area contributed by atoms with Crippen LogP contribution in [0.5, 0.6) is 0 Å². The molecule has 0 aliphatic carbocycles. The molecule has 0 bridgehead atoms. The van der Waals surface area contributed by atoms with Crippen LogP contribution < -0.4 is 4.72 Å². The van der Waals surface area contributed by atoms with E-state index in [1.807, 2.05) is 0 Å². The van der Waals surface area contributed by atoms with Crippen LogP contribution in [-0.2, 0) is 14.8 Å². The van der Waals surface area contributed by atoms with Crippen molar-refractivity contribution in [1.29, 1.82) is 0 Å². The number of furan rings is 1. The fourth-order valence-electron chi connectivity index (χ4n) is 1.58. The van der Waals surface area contributed by atoms with Gasteiger partial charge in [0.05, 0.1) is 5.60 Å². The van der Waals surface area contributed by atoms with E-state index in [1.54, 1.807) is 0 Å². The summed E-state index contributed by atoms with van der Waals surface area (Å²) in [6.45, 7) is 2.87. The maximum Gasteiger partial charge on any atom is 0.371 e. The van der Waals surface area contributed by atoms with E-state index in [9.17, 15) is 18.3 Å². The Hall–Kier alpha value is -1.42. The maximum atomic E-state index is 12.1. The molecule has 0 amide bonds. The maximum absolute atomic E-state index is 12.1. The third kappa shape index (κ3) is 4.81. The number of aliphatic hydroxyl groups is 1. The van der Waals surface area contributed by atoms with E-state index in [-0.39, 0.29) is 30.2 Å². The number of carboxylic acid groups (broad SMARTS) is 1. The van der Waals surface area contributed by atoms with Crippen LogP contribution in [0.1, 0.15) is 29.7 Å². The lowest BCUT2D eigenvalue weighted by atomic mass is 10.0. The molecule has 0 saturated carbocycles. The first-order valence-electron chi connectivity index (χ1n) is 6.14. The number of carboxylic acids is 1. The van der Waals surface area contributed by atoms with Crippen LogP contribution in [0.4, 0.5) is 0 Å². The van der Waals surface area contributed by atoms with Crippen molar-refractivity contribution < 1.29 is 32.6 Å². The van der Waals surface area contributed by atoms with Gasteiger partial charge in [-0.1, -0.05) is 0 Å². The minimum atomic E-state index is -3.97. The van der Waals surface area contributed by atoms with E-state index in [0.717, 1.165) is 6.07 Å². The zero-order valence-corrected chi connectivity index (χ0v) is 12.9. The summed E-state index contributed by atoms with van der Waals surface area (Å²) in [7, 11) is -2.50. The summed E-state index contributed by atoms with van der Waals surface area (Å²) in [5, 5.41) is 18.8. The smallest absolute Gasteiger partial charge is 0.371 e. The Morgan fingerprint density at radius 3 is 2.62 bits per heavy atom. The summed E-state index contributed by atoms with van der Waals surface area (Å²) >= 11 is 0. The first-order valence-corrected chi connectivity index (χ1v) is 7.62. The number of nitrogens with one attached hydrogen (secondary N) is 1. The zero-order chi connectivity index (χ0) is 16.3. The topological polar surface area (TPSA) is 126 Å². The van der Waals surface area contributed by atoms with E-state index in [2.05, 4.69) is 4.72 Å². The minimum Gasteiger partial charge on any atom is -0.475 e. The molecule has 8 nitrogen and oxygen atoms in total. The molecule has 1 unspecified atom stereocenters. The van der Waals surface area contributed by atoms with Crippen molar-refractivity contribution in [2.75, 3.05) is 20.3 Å². The lowest BCUT2D eigenvalue weighted by Crippen LogP contribution is -2.41. The molecule has 0 aliphatic heterocycles. The molecule has 1 atom stereocenters. The van der Waals surface area contributed by atoms with Gasteiger partial charge in [0.25, 0.3) is 0 Å². The van der Waals surface area contributed by atoms with Crippen LogP contribution in [0.2, 0.25) is 0 Å². The fourth-order valence-corrected chi connectivity index (χ4v) is 2.91. The van der Waals surface area contributed by atoms with Gasteiger partial charge in [0.2, 0.25) is 15.8 Å². The van der Waals surface area contributed by atoms with Gasteiger partial charge >= 0.3 is 5.97 Å². The second-order valence-electron chi connectivity index (χ2n) is 4.90. The number of ether oxygens (including phenoxy) is 1. The van der Waals surface area contributed by atoms with Crippen LogP contribution in [0, 0.1) is 6.92 Å². The summed E-state index contributed by atoms with van der Waals surface area (Å²) in [4.78, 5) is 10.5. The highest BCUT2D eigenvalue weighted by Gasteiger charge is 2.27. The van der Waals surface area contributed by atoms with E-state index in [1.165, 1.54) is 21.0 Å². The third-order valence-electron chi connectivity index (χ3n) is 2.86. The average Bonchev–Trinajstić information content (AvgIpc) is 2.78. The molecule has 1 aromatic heterocycles. The monoisotopic (exact) mass is 321 g/mol. The minimum absolute atomic E-state index is 0.0311. The van der Waals surface area contributed by atoms with Gasteiger partial charge in [-0.15, -0.1) is 0 Å². The molecule has 120 valence electrons. The summed E-state index contributed by atoms with van der Waals surface area (Å²) < 4.78 is 36.1. The van der Waals surface area contributed by atoms with E-state index < -0.39 is 27.4 Å². The number of hydrogen-bond acceptors (Lipinski definition) is 6. The van der Waals surface area contributed by atoms with Crippen LogP contribution in [-0.4, -0.2) is 50.5 Å². The first kappa shape index (κ1) is 17.6. The standard InChI is InChI=1S/C12H19NO7S/c1-8-10(6-9(20-8)11(14)15)21(17,18)13-7-12(2,16)4-5-19-3/h6,13,16H,4-5,7H2,1-3H3,(H,14,15). The van der Waals surface area contributed by atoms with Crippen molar-refractivity contribution in [3.63, 3.8) is 0 Å². The molecule has 0 spiro atoms. The summed E-state index contributed by atoms with van der Waals surface area (Å²) in [5.74, 6) is -1.85. The Balaban J connectivity index is 2.85. The lowest BCUT2D eigenvalue weighted by Gasteiger charge is -2.23. The predicted molar refractivity (Wildman–Crippen MR) is 72.7 cm³/mol. The average molecular weight is 321 g/mol. The summed E-state index contributed by atoms with van der Waals surface area (Å²) in [6, 6.07) is 0.934. The molecule has 0 aliphatic rings. The van der Waals surface area contributed by atoms with Crippen molar-refractivity contribution in [2.45, 2.75) is 30.8 Å². The summed E-state index contributed by atoms with van der Waals surface area (Å²) in [6.07, 6.45) is 0.247. The Bertz CT molecular complexity index is 603. The predicted octanol–water partition coefficient (Wildman–Crippen LogP) is 0.352. The molecule has 1 heterocycles. The Morgan fingerprint density at radius 2 is 2.14 bits per heavy atom. The van der Waals surface area contributed by atoms with Crippen LogP contribution in [0.25, 0.3) is 0 Å². The zero-order valence-electron chi connectivity index (χ0n) is 12.0. The third-order valence-corrected chi connectivity index (χ3v) is 4.37. The van der Waals surface area contributed by atoms with Crippen molar-refractivity contribution in [2.24, 2.45) is 0 Å². The molecular formula is C12H19NO7S. The van der Waals surface area contributed by atoms with Gasteiger partial charge in [-0.05, 0) is 13.8 Å². The summed E-state index contributed by atoms with van der Waals surface area (Å²) in [5.41, 5.74) is -1.28. The van der Waals surface area contributed by atoms with Gasteiger partial charge in [0.1, 0.15) is 10.7 Å². The number of sulfonamides is 1. The molecule has 0 aromatic carbocycles. The van der Waals surface area contributed by atoms with E-state index >= 15 is 0 Å². The van der Waals surface area contributed by atoms with Crippen molar-refractivity contribution in [3.05, 3.63) is 17.6 Å². The Morgan fingerprint density at radius 1 is 1.52 bits per heavy atom. The molecule has 0 saturated heterocycles. The van der Waals surface area contributed by atoms with E-state index in [4.69, 9.17) is 14.3 Å². The fraction of sp³-hybridized carbons (Fsp3) is 0.583. The molecule has 0 fully saturated rings. The van der Waals surface area contributed by atoms with Crippen molar-refractivity contribution >= 4 is 16.0 Å². The highest BCUT2D eigenvalue weighted by molar-refractivity contribution is 7.89. The van der Waals surface area contributed by atoms with Crippen molar-refractivity contribution in [3.8, 4) is 0 Å². The second kappa shape index (κ2) is 6.56. The second-order valence-corrected chi connectivity index (χ2v) is 6.64. The highest BCUT2D eigenvalue weighted by atomic mass is 32.2. The first-order chi connectivity index (χ1) is 9.59. The van der Waals surface area contributed by atoms with Crippen LogP contribution >= 0.6 is 0 Å². The number of methoxy groups -OCH3 is 1. The number of hydrogen-bond donors (Lipinski definition) is 3. The molecule has 1 rings (SSSR count). The number of carbonyl (C=O) groups is 1. The highest BCUT2D eigenvalue weighted by Crippen LogP contribution is 2.20. The van der Waals surface area contributed by atoms with Gasteiger partial charge in [-0.3, -0.25) is 0 Å². The van der Waals surface area contributed by atoms with Gasteiger partial charge in [-0.25, -0.2) is 17.9 Å². The van der Waals surface area contributed by atoms with Gasteiger partial charge < -0.3 is 19.4 Å². The largest absolute Gasteiger partial charge is 0.475 e. The molecule has 1 aromatic rings. The molecule has 9 heteroatoms. The van der Waals surface area contributed by atoms with Crippen LogP contribution in [0.3, 0.4) is 0 Å².